The molecule has 4 nitrogen and oxygen atoms in total. The van der Waals surface area contributed by atoms with E-state index in [1.165, 1.54) is 44.9 Å². The predicted molar refractivity (Wildman–Crippen MR) is 131 cm³/mol. The fourth-order valence-corrected chi connectivity index (χ4v) is 8.80. The van der Waals surface area contributed by atoms with Crippen LogP contribution < -0.4 is 0 Å². The van der Waals surface area contributed by atoms with Crippen molar-refractivity contribution in [3.05, 3.63) is 40.1 Å². The standard InChI is InChI=1S/C30H38O4/c1-18-11-19(2)25(20(3)12-18)26-27(30(34-28(26)32)9-4-5-10-30)33-24(31)17-29-14-21-7-6-8-22(15-29)23(13-21)16-29/h11-12,21-23H,4-10,13-17H2,1-3H3. The molecular weight excluding hydrogens is 424 g/mol. The Morgan fingerprint density at radius 3 is 2.44 bits per heavy atom. The Bertz CT molecular complexity index is 1050. The van der Waals surface area contributed by atoms with Gasteiger partial charge in [-0.25, -0.2) is 4.79 Å². The molecule has 1 spiro atoms. The fraction of sp³-hybridized carbons (Fsp3) is 0.667. The van der Waals surface area contributed by atoms with E-state index in [4.69, 9.17) is 9.47 Å². The third kappa shape index (κ3) is 3.55. The molecule has 6 rings (SSSR count). The van der Waals surface area contributed by atoms with Crippen LogP contribution in [0.3, 0.4) is 0 Å². The van der Waals surface area contributed by atoms with Crippen molar-refractivity contribution in [2.24, 2.45) is 23.2 Å². The number of ether oxygens (including phenoxy) is 2. The van der Waals surface area contributed by atoms with Crippen LogP contribution >= 0.6 is 0 Å². The molecule has 0 saturated heterocycles. The predicted octanol–water partition coefficient (Wildman–Crippen LogP) is 6.73. The van der Waals surface area contributed by atoms with Gasteiger partial charge in [0.05, 0.1) is 6.42 Å². The number of aryl methyl sites for hydroxylation is 3. The quantitative estimate of drug-likeness (QED) is 0.465. The minimum Gasteiger partial charge on any atom is -0.447 e. The molecule has 4 atom stereocenters. The first-order chi connectivity index (χ1) is 16.3. The lowest BCUT2D eigenvalue weighted by atomic mass is 9.68. The third-order valence-corrected chi connectivity index (χ3v) is 9.81. The van der Waals surface area contributed by atoms with Crippen LogP contribution in [0.1, 0.15) is 99.3 Å². The van der Waals surface area contributed by atoms with Gasteiger partial charge in [0.2, 0.25) is 0 Å². The molecule has 4 unspecified atom stereocenters. The van der Waals surface area contributed by atoms with Crippen LogP contribution in [0.5, 0.6) is 0 Å². The van der Waals surface area contributed by atoms with Gasteiger partial charge in [0, 0.05) is 0 Å². The summed E-state index contributed by atoms with van der Waals surface area (Å²) >= 11 is 0. The summed E-state index contributed by atoms with van der Waals surface area (Å²) in [7, 11) is 0. The van der Waals surface area contributed by atoms with Crippen molar-refractivity contribution >= 4 is 17.5 Å². The molecule has 4 heteroatoms. The molecule has 5 aliphatic rings. The molecule has 4 aliphatic carbocycles. The average molecular weight is 463 g/mol. The summed E-state index contributed by atoms with van der Waals surface area (Å²) in [6.45, 7) is 6.14. The second-order valence-electron chi connectivity index (χ2n) is 12.4. The Balaban J connectivity index is 1.34. The summed E-state index contributed by atoms with van der Waals surface area (Å²) in [5.41, 5.74) is 3.96. The first kappa shape index (κ1) is 22.4. The maximum Gasteiger partial charge on any atom is 0.343 e. The normalized spacial score (nSPS) is 33.5. The number of hydrogen-bond donors (Lipinski definition) is 0. The number of esters is 2. The summed E-state index contributed by atoms with van der Waals surface area (Å²) in [6.07, 6.45) is 12.9. The fourth-order valence-electron chi connectivity index (χ4n) is 8.80. The van der Waals surface area contributed by atoms with E-state index in [-0.39, 0.29) is 17.4 Å². The number of carbonyl (C=O) groups is 2. The molecular formula is C30H38O4. The van der Waals surface area contributed by atoms with Gasteiger partial charge < -0.3 is 9.47 Å². The van der Waals surface area contributed by atoms with Gasteiger partial charge >= 0.3 is 11.9 Å². The molecule has 4 saturated carbocycles. The lowest BCUT2D eigenvalue weighted by Crippen LogP contribution is -2.33. The van der Waals surface area contributed by atoms with Gasteiger partial charge in [-0.2, -0.15) is 0 Å². The maximum atomic E-state index is 13.6. The van der Waals surface area contributed by atoms with Crippen LogP contribution in [0.2, 0.25) is 0 Å². The molecule has 34 heavy (non-hydrogen) atoms. The Morgan fingerprint density at radius 2 is 1.71 bits per heavy atom. The SMILES string of the molecule is Cc1cc(C)c(C2=C(OC(=O)CC34CC5CCCC(C3)C(C5)C4)C3(CCCC3)OC2=O)c(C)c1. The van der Waals surface area contributed by atoms with E-state index in [0.29, 0.717) is 17.8 Å². The van der Waals surface area contributed by atoms with E-state index in [1.807, 2.05) is 13.8 Å². The largest absolute Gasteiger partial charge is 0.447 e. The van der Waals surface area contributed by atoms with Crippen molar-refractivity contribution in [3.8, 4) is 0 Å². The number of fused-ring (bicyclic) bond motifs is 2. The summed E-state index contributed by atoms with van der Waals surface area (Å²) in [6, 6.07) is 4.19. The monoisotopic (exact) mass is 462 g/mol. The molecule has 182 valence electrons. The van der Waals surface area contributed by atoms with Crippen molar-refractivity contribution in [1.29, 1.82) is 0 Å². The highest BCUT2D eigenvalue weighted by Crippen LogP contribution is 2.61. The maximum absolute atomic E-state index is 13.6. The van der Waals surface area contributed by atoms with Crippen molar-refractivity contribution in [1.82, 2.24) is 0 Å². The minimum atomic E-state index is -0.759. The Morgan fingerprint density at radius 1 is 1.00 bits per heavy atom. The Hall–Kier alpha value is -2.10. The molecule has 1 aromatic carbocycles. The molecule has 1 heterocycles. The number of hydrogen-bond acceptors (Lipinski definition) is 4. The number of benzene rings is 1. The summed E-state index contributed by atoms with van der Waals surface area (Å²) in [4.78, 5) is 26.9. The highest BCUT2D eigenvalue weighted by Gasteiger charge is 2.55. The number of carbonyl (C=O) groups excluding carboxylic acids is 2. The van der Waals surface area contributed by atoms with E-state index in [9.17, 15) is 9.59 Å². The van der Waals surface area contributed by atoms with Crippen LogP contribution in [-0.4, -0.2) is 17.5 Å². The molecule has 3 bridgehead atoms. The van der Waals surface area contributed by atoms with Gasteiger partial charge in [-0.15, -0.1) is 0 Å². The third-order valence-electron chi connectivity index (χ3n) is 9.81. The lowest BCUT2D eigenvalue weighted by Gasteiger charge is -2.37. The van der Waals surface area contributed by atoms with Gasteiger partial charge in [-0.3, -0.25) is 4.79 Å². The van der Waals surface area contributed by atoms with Gasteiger partial charge in [0.25, 0.3) is 0 Å². The number of rotatable bonds is 4. The summed E-state index contributed by atoms with van der Waals surface area (Å²) < 4.78 is 12.3. The van der Waals surface area contributed by atoms with Crippen molar-refractivity contribution in [3.63, 3.8) is 0 Å². The van der Waals surface area contributed by atoms with Crippen LogP contribution in [0.25, 0.3) is 5.57 Å². The lowest BCUT2D eigenvalue weighted by molar-refractivity contribution is -0.153. The van der Waals surface area contributed by atoms with E-state index >= 15 is 0 Å². The van der Waals surface area contributed by atoms with E-state index < -0.39 is 5.60 Å². The van der Waals surface area contributed by atoms with Gasteiger partial charge in [-0.05, 0) is 112 Å². The first-order valence-corrected chi connectivity index (χ1v) is 13.5. The smallest absolute Gasteiger partial charge is 0.343 e. The van der Waals surface area contributed by atoms with Crippen LogP contribution in [0.4, 0.5) is 0 Å². The summed E-state index contributed by atoms with van der Waals surface area (Å²) in [5.74, 6) is 2.41. The Labute approximate surface area is 203 Å². The van der Waals surface area contributed by atoms with Gasteiger partial charge in [-0.1, -0.05) is 37.0 Å². The van der Waals surface area contributed by atoms with Crippen molar-refractivity contribution in [2.75, 3.05) is 0 Å². The van der Waals surface area contributed by atoms with Crippen molar-refractivity contribution in [2.45, 2.75) is 103 Å². The topological polar surface area (TPSA) is 52.6 Å². The second-order valence-corrected chi connectivity index (χ2v) is 12.4. The highest BCUT2D eigenvalue weighted by molar-refractivity contribution is 6.20. The molecule has 1 aliphatic heterocycles. The van der Waals surface area contributed by atoms with Gasteiger partial charge in [0.1, 0.15) is 5.57 Å². The van der Waals surface area contributed by atoms with Gasteiger partial charge in [0.15, 0.2) is 11.4 Å². The first-order valence-electron chi connectivity index (χ1n) is 13.5. The second kappa shape index (κ2) is 7.96. The zero-order valence-electron chi connectivity index (χ0n) is 21.0. The highest BCUT2D eigenvalue weighted by atomic mass is 16.6. The van der Waals surface area contributed by atoms with E-state index in [1.54, 1.807) is 0 Å². The van der Waals surface area contributed by atoms with Crippen molar-refractivity contribution < 1.29 is 19.1 Å². The minimum absolute atomic E-state index is 0.110. The summed E-state index contributed by atoms with van der Waals surface area (Å²) in [5, 5.41) is 0. The molecule has 4 fully saturated rings. The van der Waals surface area contributed by atoms with Crippen LogP contribution in [0, 0.1) is 43.9 Å². The van der Waals surface area contributed by atoms with E-state index in [0.717, 1.165) is 65.7 Å². The molecule has 1 aromatic rings. The average Bonchev–Trinajstić information content (AvgIpc) is 3.35. The Kier molecular flexibility index (Phi) is 5.24. The molecule has 0 amide bonds. The van der Waals surface area contributed by atoms with E-state index in [2.05, 4.69) is 19.1 Å². The van der Waals surface area contributed by atoms with Crippen LogP contribution in [0.15, 0.2) is 17.9 Å². The zero-order valence-corrected chi connectivity index (χ0v) is 21.0. The zero-order chi connectivity index (χ0) is 23.7. The molecule has 0 radical (unpaired) electrons. The molecule has 0 aromatic heterocycles. The van der Waals surface area contributed by atoms with Crippen LogP contribution in [-0.2, 0) is 19.1 Å². The molecule has 0 N–H and O–H groups in total.